The van der Waals surface area contributed by atoms with Gasteiger partial charge in [0, 0.05) is 18.4 Å². The molecule has 0 amide bonds. The molecule has 1 fully saturated rings. The minimum absolute atomic E-state index is 0.0412. The molecule has 3 rings (SSSR count). The van der Waals surface area contributed by atoms with Crippen molar-refractivity contribution in [3.05, 3.63) is 35.8 Å². The standard InChI is InChI=1S/C20H28O3/c1-14-4-7-19(3)15(2)10-17(22)11-18(19)20(14,13-21)8-5-16-6-9-23-12-16/h6,9-10,12,14,18,21H,4-5,7-8,11,13H2,1-3H3/t14-,18+,19+,20-/m1/s1. The molecule has 0 aliphatic heterocycles. The SMILES string of the molecule is CC1=CC(=O)C[C@@H]2[C@@](CO)(CCc3ccoc3)[C@H](C)CC[C@@]12C. The zero-order chi connectivity index (χ0) is 16.7. The van der Waals surface area contributed by atoms with Crippen LogP contribution in [0.15, 0.2) is 34.7 Å². The number of hydrogen-bond acceptors (Lipinski definition) is 3. The Bertz CT molecular complexity index is 600. The van der Waals surface area contributed by atoms with E-state index in [1.807, 2.05) is 12.1 Å². The zero-order valence-electron chi connectivity index (χ0n) is 14.5. The quantitative estimate of drug-likeness (QED) is 0.907. The van der Waals surface area contributed by atoms with Crippen molar-refractivity contribution in [1.29, 1.82) is 0 Å². The lowest BCUT2D eigenvalue weighted by Crippen LogP contribution is -2.54. The normalized spacial score (nSPS) is 37.4. The molecule has 0 radical (unpaired) electrons. The molecule has 1 saturated carbocycles. The number of aliphatic hydroxyl groups excluding tert-OH is 1. The minimum Gasteiger partial charge on any atom is -0.472 e. The Kier molecular flexibility index (Phi) is 4.26. The van der Waals surface area contributed by atoms with E-state index in [4.69, 9.17) is 4.42 Å². The van der Waals surface area contributed by atoms with Gasteiger partial charge in [0.05, 0.1) is 12.5 Å². The van der Waals surface area contributed by atoms with Crippen molar-refractivity contribution in [1.82, 2.24) is 0 Å². The average molecular weight is 316 g/mol. The molecule has 23 heavy (non-hydrogen) atoms. The van der Waals surface area contributed by atoms with Gasteiger partial charge in [-0.25, -0.2) is 0 Å². The summed E-state index contributed by atoms with van der Waals surface area (Å²) in [6.45, 7) is 6.80. The second kappa shape index (κ2) is 5.94. The summed E-state index contributed by atoms with van der Waals surface area (Å²) in [5, 5.41) is 10.4. The van der Waals surface area contributed by atoms with Gasteiger partial charge in [0.2, 0.25) is 0 Å². The van der Waals surface area contributed by atoms with Gasteiger partial charge in [-0.1, -0.05) is 19.4 Å². The van der Waals surface area contributed by atoms with Crippen molar-refractivity contribution in [2.24, 2.45) is 22.7 Å². The molecule has 1 aromatic heterocycles. The molecule has 2 aliphatic rings. The third-order valence-electron chi connectivity index (χ3n) is 6.98. The van der Waals surface area contributed by atoms with Gasteiger partial charge < -0.3 is 9.52 Å². The van der Waals surface area contributed by atoms with Crippen LogP contribution in [0, 0.1) is 22.7 Å². The van der Waals surface area contributed by atoms with Crippen LogP contribution in [0.3, 0.4) is 0 Å². The van der Waals surface area contributed by atoms with Crippen LogP contribution in [0.2, 0.25) is 0 Å². The second-order valence-corrected chi connectivity index (χ2v) is 7.93. The van der Waals surface area contributed by atoms with E-state index in [9.17, 15) is 9.90 Å². The minimum atomic E-state index is -0.185. The van der Waals surface area contributed by atoms with Gasteiger partial charge in [0.1, 0.15) is 0 Å². The van der Waals surface area contributed by atoms with Crippen LogP contribution < -0.4 is 0 Å². The van der Waals surface area contributed by atoms with E-state index in [2.05, 4.69) is 20.8 Å². The number of carbonyl (C=O) groups excluding carboxylic acids is 1. The molecule has 3 nitrogen and oxygen atoms in total. The van der Waals surface area contributed by atoms with E-state index in [1.165, 1.54) is 11.1 Å². The Morgan fingerprint density at radius 2 is 2.22 bits per heavy atom. The smallest absolute Gasteiger partial charge is 0.155 e. The van der Waals surface area contributed by atoms with Gasteiger partial charge in [-0.05, 0) is 67.6 Å². The van der Waals surface area contributed by atoms with Crippen LogP contribution in [0.25, 0.3) is 0 Å². The van der Waals surface area contributed by atoms with Crippen LogP contribution in [0.5, 0.6) is 0 Å². The van der Waals surface area contributed by atoms with Crippen molar-refractivity contribution in [3.63, 3.8) is 0 Å². The Labute approximate surface area is 138 Å². The average Bonchev–Trinajstić information content (AvgIpc) is 3.03. The second-order valence-electron chi connectivity index (χ2n) is 7.93. The molecule has 0 unspecified atom stereocenters. The highest BCUT2D eigenvalue weighted by molar-refractivity contribution is 5.92. The maximum atomic E-state index is 12.2. The summed E-state index contributed by atoms with van der Waals surface area (Å²) in [7, 11) is 0. The molecule has 1 heterocycles. The summed E-state index contributed by atoms with van der Waals surface area (Å²) in [6.07, 6.45) is 9.92. The summed E-state index contributed by atoms with van der Waals surface area (Å²) in [6, 6.07) is 1.99. The molecule has 0 aromatic carbocycles. The number of aliphatic hydroxyl groups is 1. The van der Waals surface area contributed by atoms with Crippen LogP contribution in [-0.2, 0) is 11.2 Å². The van der Waals surface area contributed by atoms with Crippen LogP contribution in [-0.4, -0.2) is 17.5 Å². The predicted molar refractivity (Wildman–Crippen MR) is 89.9 cm³/mol. The molecule has 0 spiro atoms. The van der Waals surface area contributed by atoms with Crippen molar-refractivity contribution in [3.8, 4) is 0 Å². The fourth-order valence-corrected chi connectivity index (χ4v) is 5.10. The number of ketones is 1. The highest BCUT2D eigenvalue weighted by atomic mass is 16.3. The third-order valence-corrected chi connectivity index (χ3v) is 6.98. The van der Waals surface area contributed by atoms with Gasteiger partial charge in [0.25, 0.3) is 0 Å². The Hall–Kier alpha value is -1.35. The molecule has 3 heteroatoms. The highest BCUT2D eigenvalue weighted by Gasteiger charge is 2.56. The molecular formula is C20H28O3. The van der Waals surface area contributed by atoms with Gasteiger partial charge in [-0.3, -0.25) is 4.79 Å². The Balaban J connectivity index is 1.95. The van der Waals surface area contributed by atoms with E-state index < -0.39 is 0 Å². The highest BCUT2D eigenvalue weighted by Crippen LogP contribution is 2.61. The number of allylic oxidation sites excluding steroid dienone is 2. The number of rotatable bonds is 4. The lowest BCUT2D eigenvalue weighted by atomic mass is 9.46. The van der Waals surface area contributed by atoms with Crippen LogP contribution in [0.4, 0.5) is 0 Å². The molecule has 0 saturated heterocycles. The predicted octanol–water partition coefficient (Wildman–Crippen LogP) is 4.16. The summed E-state index contributed by atoms with van der Waals surface area (Å²) in [4.78, 5) is 12.2. The van der Waals surface area contributed by atoms with Crippen LogP contribution >= 0.6 is 0 Å². The number of hydrogen-bond donors (Lipinski definition) is 1. The molecular weight excluding hydrogens is 288 g/mol. The first-order chi connectivity index (χ1) is 10.9. The van der Waals surface area contributed by atoms with Gasteiger partial charge >= 0.3 is 0 Å². The molecule has 1 N–H and O–H groups in total. The maximum Gasteiger partial charge on any atom is 0.155 e. The number of carbonyl (C=O) groups is 1. The zero-order valence-corrected chi connectivity index (χ0v) is 14.5. The third kappa shape index (κ3) is 2.59. The number of furan rings is 1. The van der Waals surface area contributed by atoms with Gasteiger partial charge in [0.15, 0.2) is 5.78 Å². The molecule has 1 aromatic rings. The van der Waals surface area contributed by atoms with E-state index >= 15 is 0 Å². The summed E-state index contributed by atoms with van der Waals surface area (Å²) < 4.78 is 5.18. The molecule has 2 aliphatic carbocycles. The Morgan fingerprint density at radius 3 is 2.87 bits per heavy atom. The van der Waals surface area contributed by atoms with Crippen molar-refractivity contribution in [2.45, 2.75) is 52.9 Å². The Morgan fingerprint density at radius 1 is 1.43 bits per heavy atom. The first-order valence-corrected chi connectivity index (χ1v) is 8.76. The first-order valence-electron chi connectivity index (χ1n) is 8.76. The topological polar surface area (TPSA) is 50.4 Å². The summed E-state index contributed by atoms with van der Waals surface area (Å²) >= 11 is 0. The molecule has 126 valence electrons. The van der Waals surface area contributed by atoms with E-state index in [0.717, 1.165) is 25.7 Å². The van der Waals surface area contributed by atoms with E-state index in [-0.39, 0.29) is 29.1 Å². The monoisotopic (exact) mass is 316 g/mol. The first kappa shape index (κ1) is 16.5. The molecule has 4 atom stereocenters. The fraction of sp³-hybridized carbons (Fsp3) is 0.650. The van der Waals surface area contributed by atoms with Crippen LogP contribution in [0.1, 0.15) is 52.0 Å². The lowest BCUT2D eigenvalue weighted by molar-refractivity contribution is -0.129. The largest absolute Gasteiger partial charge is 0.472 e. The number of fused-ring (bicyclic) bond motifs is 1. The lowest BCUT2D eigenvalue weighted by Gasteiger charge is -2.58. The van der Waals surface area contributed by atoms with Crippen molar-refractivity contribution in [2.75, 3.05) is 6.61 Å². The van der Waals surface area contributed by atoms with Gasteiger partial charge in [-0.15, -0.1) is 0 Å². The van der Waals surface area contributed by atoms with E-state index in [0.29, 0.717) is 12.3 Å². The van der Waals surface area contributed by atoms with Crippen molar-refractivity contribution < 1.29 is 14.3 Å². The fourth-order valence-electron chi connectivity index (χ4n) is 5.10. The van der Waals surface area contributed by atoms with E-state index in [1.54, 1.807) is 12.5 Å². The maximum absolute atomic E-state index is 12.2. The number of aryl methyl sites for hydroxylation is 1. The van der Waals surface area contributed by atoms with Gasteiger partial charge in [-0.2, -0.15) is 0 Å². The summed E-state index contributed by atoms with van der Waals surface area (Å²) in [5.41, 5.74) is 2.23. The molecule has 0 bridgehead atoms. The van der Waals surface area contributed by atoms with Crippen molar-refractivity contribution >= 4 is 5.78 Å². The summed E-state index contributed by atoms with van der Waals surface area (Å²) in [5.74, 6) is 0.879.